The Morgan fingerprint density at radius 1 is 1.36 bits per heavy atom. The van der Waals surface area contributed by atoms with Crippen molar-refractivity contribution < 1.29 is 33.6 Å². The molecule has 1 heterocycles. The van der Waals surface area contributed by atoms with E-state index in [1.54, 1.807) is 6.92 Å². The lowest BCUT2D eigenvalue weighted by molar-refractivity contribution is -0.386. The predicted molar refractivity (Wildman–Crippen MR) is 97.4 cm³/mol. The number of nitro groups is 1. The number of rotatable bonds is 7. The van der Waals surface area contributed by atoms with E-state index in [4.69, 9.17) is 15.2 Å². The number of ether oxygens (including phenoxy) is 2. The molecule has 0 bridgehead atoms. The highest BCUT2D eigenvalue weighted by Gasteiger charge is 2.37. The average molecular weight is 409 g/mol. The fourth-order valence-electron chi connectivity index (χ4n) is 2.33. The Bertz CT molecular complexity index is 911. The predicted octanol–water partition coefficient (Wildman–Crippen LogP) is 1.44. The maximum Gasteiger partial charge on any atom is 0.322 e. The van der Waals surface area contributed by atoms with Gasteiger partial charge in [0, 0.05) is 6.92 Å². The second-order valence-electron chi connectivity index (χ2n) is 5.35. The molecule has 11 nitrogen and oxygen atoms in total. The van der Waals surface area contributed by atoms with Crippen LogP contribution in [0.25, 0.3) is 6.08 Å². The van der Waals surface area contributed by atoms with E-state index in [9.17, 15) is 29.3 Å². The minimum atomic E-state index is -0.876. The van der Waals surface area contributed by atoms with E-state index >= 15 is 0 Å². The van der Waals surface area contributed by atoms with Crippen molar-refractivity contribution in [1.29, 1.82) is 0 Å². The number of carbonyl (C=O) groups is 4. The third kappa shape index (κ3) is 4.46. The van der Waals surface area contributed by atoms with Gasteiger partial charge in [-0.25, -0.2) is 0 Å². The molecule has 1 aromatic rings. The van der Waals surface area contributed by atoms with Crippen molar-refractivity contribution in [1.82, 2.24) is 4.90 Å². The van der Waals surface area contributed by atoms with Gasteiger partial charge in [-0.2, -0.15) is 0 Å². The highest BCUT2D eigenvalue weighted by molar-refractivity contribution is 8.18. The Kier molecular flexibility index (Phi) is 6.36. The van der Waals surface area contributed by atoms with Crippen LogP contribution in [-0.4, -0.2) is 46.0 Å². The number of hydrogen-bond donors (Lipinski definition) is 1. The molecule has 0 atom stereocenters. The second kappa shape index (κ2) is 8.52. The van der Waals surface area contributed by atoms with E-state index in [0.29, 0.717) is 16.7 Å². The van der Waals surface area contributed by atoms with Crippen LogP contribution < -0.4 is 15.2 Å². The Morgan fingerprint density at radius 3 is 2.57 bits per heavy atom. The van der Waals surface area contributed by atoms with Crippen LogP contribution in [0.1, 0.15) is 19.4 Å². The zero-order valence-corrected chi connectivity index (χ0v) is 15.6. The summed E-state index contributed by atoms with van der Waals surface area (Å²) < 4.78 is 10.2. The fraction of sp³-hybridized carbons (Fsp3) is 0.250. The monoisotopic (exact) mass is 409 g/mol. The van der Waals surface area contributed by atoms with Gasteiger partial charge in [0.1, 0.15) is 6.54 Å². The number of thioether (sulfide) groups is 1. The highest BCUT2D eigenvalue weighted by atomic mass is 32.2. The Hall–Kier alpha value is -3.41. The summed E-state index contributed by atoms with van der Waals surface area (Å²) in [5.74, 6) is -2.81. The molecule has 0 unspecified atom stereocenters. The van der Waals surface area contributed by atoms with E-state index in [0.717, 1.165) is 13.0 Å². The summed E-state index contributed by atoms with van der Waals surface area (Å²) in [7, 11) is 0. The molecule has 0 aliphatic carbocycles. The van der Waals surface area contributed by atoms with Gasteiger partial charge in [-0.3, -0.25) is 34.2 Å². The third-order valence-corrected chi connectivity index (χ3v) is 4.23. The van der Waals surface area contributed by atoms with Gasteiger partial charge in [-0.1, -0.05) is 0 Å². The van der Waals surface area contributed by atoms with Crippen molar-refractivity contribution in [3.8, 4) is 11.5 Å². The van der Waals surface area contributed by atoms with E-state index in [1.165, 1.54) is 12.1 Å². The number of amides is 3. The van der Waals surface area contributed by atoms with Crippen LogP contribution in [0.15, 0.2) is 17.0 Å². The molecule has 2 N–H and O–H groups in total. The molecule has 1 aliphatic heterocycles. The van der Waals surface area contributed by atoms with Gasteiger partial charge in [0.15, 0.2) is 5.75 Å². The van der Waals surface area contributed by atoms with Crippen LogP contribution in [0, 0.1) is 10.1 Å². The van der Waals surface area contributed by atoms with E-state index in [2.05, 4.69) is 0 Å². The van der Waals surface area contributed by atoms with Crippen LogP contribution in [0.3, 0.4) is 0 Å². The summed E-state index contributed by atoms with van der Waals surface area (Å²) >= 11 is 0.515. The molecule has 148 valence electrons. The van der Waals surface area contributed by atoms with Crippen molar-refractivity contribution in [2.75, 3.05) is 13.2 Å². The van der Waals surface area contributed by atoms with Crippen molar-refractivity contribution in [3.05, 3.63) is 32.7 Å². The zero-order valence-electron chi connectivity index (χ0n) is 14.8. The topological polar surface area (TPSA) is 159 Å². The lowest BCUT2D eigenvalue weighted by Gasteiger charge is -2.11. The smallest absolute Gasteiger partial charge is 0.322 e. The second-order valence-corrected chi connectivity index (χ2v) is 6.34. The summed E-state index contributed by atoms with van der Waals surface area (Å²) in [5, 5.41) is 10.9. The maximum absolute atomic E-state index is 12.3. The molecule has 2 rings (SSSR count). The Labute approximate surface area is 162 Å². The number of nitrogens with zero attached hydrogens (tertiary/aromatic N) is 2. The van der Waals surface area contributed by atoms with E-state index in [1.807, 2.05) is 0 Å². The van der Waals surface area contributed by atoms with Crippen LogP contribution in [0.2, 0.25) is 0 Å². The first-order chi connectivity index (χ1) is 13.1. The molecule has 0 aromatic heterocycles. The maximum atomic E-state index is 12.3. The summed E-state index contributed by atoms with van der Waals surface area (Å²) in [4.78, 5) is 57.8. The number of carbonyl (C=O) groups excluding carboxylic acids is 4. The first kappa shape index (κ1) is 20.9. The van der Waals surface area contributed by atoms with Gasteiger partial charge in [0.25, 0.3) is 11.1 Å². The van der Waals surface area contributed by atoms with Crippen LogP contribution >= 0.6 is 11.8 Å². The van der Waals surface area contributed by atoms with Gasteiger partial charge in [-0.05, 0) is 36.9 Å². The minimum Gasteiger partial charge on any atom is -0.485 e. The Morgan fingerprint density at radius 2 is 2.04 bits per heavy atom. The number of benzene rings is 1. The summed E-state index contributed by atoms with van der Waals surface area (Å²) in [5.41, 5.74) is 4.42. The third-order valence-electron chi connectivity index (χ3n) is 3.33. The number of nitrogens with two attached hydrogens (primary N) is 1. The SMILES string of the molecule is CCOc1c(OC(C)=O)ccc(/C=C2\SC(=O)N(CC(N)=O)C2=O)c1[N+](=O)[O-]. The molecule has 0 radical (unpaired) electrons. The fourth-order valence-corrected chi connectivity index (χ4v) is 3.15. The normalized spacial score (nSPS) is 15.1. The average Bonchev–Trinajstić information content (AvgIpc) is 2.83. The molecule has 0 saturated carbocycles. The number of esters is 1. The standard InChI is InChI=1S/C16H15N3O8S/c1-3-26-14-10(27-8(2)20)5-4-9(13(14)19(24)25)6-11-15(22)18(7-12(17)21)16(23)28-11/h4-6H,3,7H2,1-2H3,(H2,17,21)/b11-6-. The number of hydrogen-bond acceptors (Lipinski definition) is 9. The molecule has 1 aromatic carbocycles. The summed E-state index contributed by atoms with van der Waals surface area (Å²) in [6, 6.07) is 2.53. The van der Waals surface area contributed by atoms with Gasteiger partial charge in [-0.15, -0.1) is 0 Å². The first-order valence-corrected chi connectivity index (χ1v) is 8.63. The summed E-state index contributed by atoms with van der Waals surface area (Å²) in [6.45, 7) is 2.17. The van der Waals surface area contributed by atoms with Gasteiger partial charge in [0.05, 0.1) is 22.0 Å². The number of nitro benzene ring substituents is 1. The molecular formula is C16H15N3O8S. The molecule has 12 heteroatoms. The molecular weight excluding hydrogens is 394 g/mol. The highest BCUT2D eigenvalue weighted by Crippen LogP contribution is 2.42. The lowest BCUT2D eigenvalue weighted by atomic mass is 10.1. The van der Waals surface area contributed by atoms with Gasteiger partial charge >= 0.3 is 11.7 Å². The minimum absolute atomic E-state index is 0.0473. The van der Waals surface area contributed by atoms with Gasteiger partial charge in [0.2, 0.25) is 11.7 Å². The van der Waals surface area contributed by atoms with Gasteiger partial charge < -0.3 is 15.2 Å². The molecule has 1 saturated heterocycles. The van der Waals surface area contributed by atoms with Crippen LogP contribution in [-0.2, 0) is 14.4 Å². The molecule has 1 fully saturated rings. The van der Waals surface area contributed by atoms with E-state index < -0.39 is 40.2 Å². The summed E-state index contributed by atoms with van der Waals surface area (Å²) in [6.07, 6.45) is 1.13. The molecule has 28 heavy (non-hydrogen) atoms. The lowest BCUT2D eigenvalue weighted by Crippen LogP contribution is -2.36. The number of imide groups is 1. The van der Waals surface area contributed by atoms with Crippen molar-refractivity contribution >= 4 is 46.5 Å². The molecule has 1 aliphatic rings. The Balaban J connectivity index is 2.55. The largest absolute Gasteiger partial charge is 0.485 e. The van der Waals surface area contributed by atoms with Crippen LogP contribution in [0.5, 0.6) is 11.5 Å². The van der Waals surface area contributed by atoms with Crippen LogP contribution in [0.4, 0.5) is 10.5 Å². The molecule has 0 spiro atoms. The van der Waals surface area contributed by atoms with E-state index in [-0.39, 0.29) is 28.6 Å². The van der Waals surface area contributed by atoms with Crippen molar-refractivity contribution in [2.24, 2.45) is 5.73 Å². The quantitative estimate of drug-likeness (QED) is 0.231. The van der Waals surface area contributed by atoms with Crippen molar-refractivity contribution in [2.45, 2.75) is 13.8 Å². The first-order valence-electron chi connectivity index (χ1n) is 7.82. The van der Waals surface area contributed by atoms with Crippen molar-refractivity contribution in [3.63, 3.8) is 0 Å². The molecule has 3 amide bonds. The zero-order chi connectivity index (χ0) is 21.0. The number of primary amides is 1.